The molecule has 2 aromatic rings. The van der Waals surface area contributed by atoms with E-state index in [2.05, 4.69) is 23.7 Å². The highest BCUT2D eigenvalue weighted by Gasteiger charge is 2.54. The lowest BCUT2D eigenvalue weighted by molar-refractivity contribution is -0.0896. The number of phosphoric acid groups is 1. The Balaban J connectivity index is 1.38. The van der Waals surface area contributed by atoms with Gasteiger partial charge in [-0.15, -0.1) is 0 Å². The SMILES string of the molecule is C=Nn1c(C(N)=NC)ccc1[C@]1(C)O[C@H](COP(=O)(O)OCC(COCCCCCCCCCCCCCCCCCC)COc2ccccc2)[C@@H](O)[C@H]1O. The molecule has 5 N–H and O–H groups in total. The summed E-state index contributed by atoms with van der Waals surface area (Å²) in [5.41, 5.74) is 5.27. The van der Waals surface area contributed by atoms with Crippen molar-refractivity contribution in [3.8, 4) is 5.75 Å². The minimum Gasteiger partial charge on any atom is -0.493 e. The lowest BCUT2D eigenvalue weighted by atomic mass is 9.93. The average molecular weight is 793 g/mol. The molecule has 0 amide bonds. The predicted octanol–water partition coefficient (Wildman–Crippen LogP) is 7.73. The van der Waals surface area contributed by atoms with Crippen LogP contribution in [-0.2, 0) is 28.7 Å². The topological polar surface area (TPSA) is 180 Å². The minimum absolute atomic E-state index is 0.171. The summed E-state index contributed by atoms with van der Waals surface area (Å²) in [7, 11) is -3.09. The van der Waals surface area contributed by atoms with Crippen LogP contribution in [0.25, 0.3) is 0 Å². The third-order valence-electron chi connectivity index (χ3n) is 10.3. The van der Waals surface area contributed by atoms with Crippen molar-refractivity contribution in [3.05, 3.63) is 53.9 Å². The number of aliphatic hydroxyl groups excluding tert-OH is 2. The van der Waals surface area contributed by atoms with Crippen molar-refractivity contribution in [1.82, 2.24) is 4.68 Å². The van der Waals surface area contributed by atoms with Crippen molar-refractivity contribution in [3.63, 3.8) is 0 Å². The van der Waals surface area contributed by atoms with Crippen molar-refractivity contribution in [2.24, 2.45) is 21.7 Å². The zero-order chi connectivity index (χ0) is 39.9. The molecule has 13 nitrogen and oxygen atoms in total. The molecule has 2 heterocycles. The quantitative estimate of drug-likeness (QED) is 0.0256. The van der Waals surface area contributed by atoms with Gasteiger partial charge in [0, 0.05) is 26.3 Å². The second kappa shape index (κ2) is 25.6. The molecule has 6 atom stereocenters. The number of nitrogens with two attached hydrogens (primary N) is 1. The molecule has 2 unspecified atom stereocenters. The Bertz CT molecular complexity index is 1430. The van der Waals surface area contributed by atoms with Crippen LogP contribution in [0.3, 0.4) is 0 Å². The second-order valence-electron chi connectivity index (χ2n) is 14.8. The van der Waals surface area contributed by atoms with Gasteiger partial charge in [0.2, 0.25) is 0 Å². The fourth-order valence-electron chi connectivity index (χ4n) is 6.87. The van der Waals surface area contributed by atoms with Gasteiger partial charge in [0.1, 0.15) is 41.2 Å². The number of aliphatic hydroxyl groups is 2. The molecule has 0 saturated carbocycles. The van der Waals surface area contributed by atoms with Gasteiger partial charge in [0.05, 0.1) is 32.1 Å². The number of benzene rings is 1. The van der Waals surface area contributed by atoms with Crippen LogP contribution in [0.5, 0.6) is 5.75 Å². The number of amidine groups is 1. The van der Waals surface area contributed by atoms with Gasteiger partial charge in [-0.05, 0) is 37.6 Å². The third-order valence-corrected chi connectivity index (χ3v) is 11.2. The lowest BCUT2D eigenvalue weighted by Crippen LogP contribution is -2.40. The molecule has 312 valence electrons. The molecule has 1 fully saturated rings. The maximum atomic E-state index is 13.0. The summed E-state index contributed by atoms with van der Waals surface area (Å²) in [5.74, 6) is 0.486. The minimum atomic E-state index is -4.61. The van der Waals surface area contributed by atoms with E-state index in [1.54, 1.807) is 19.1 Å². The predicted molar refractivity (Wildman–Crippen MR) is 218 cm³/mol. The molecule has 1 aliphatic rings. The maximum Gasteiger partial charge on any atom is 0.472 e. The van der Waals surface area contributed by atoms with Crippen LogP contribution >= 0.6 is 7.82 Å². The summed E-state index contributed by atoms with van der Waals surface area (Å²) in [6.07, 6.45) is 16.8. The standard InChI is InChI=1S/C41H69N4O9P/c1-5-6-7-8-9-10-11-12-13-14-15-16-17-18-19-23-28-50-29-33(30-51-34-24-21-20-22-25-34)31-52-55(48,49)53-32-36-38(46)39(47)41(2,54-36)37-27-26-35(40(42)43-3)45(37)44-4/h20-22,24-27,33,36,38-39,46-47H,4-19,23,28-32H2,1-3H3,(H2,42,43)(H,48,49)/t33?,36-,38-,39-,41+/m1/s1. The van der Waals surface area contributed by atoms with E-state index >= 15 is 0 Å². The molecule has 0 radical (unpaired) electrons. The molecular formula is C41H69N4O9P. The van der Waals surface area contributed by atoms with E-state index in [0.717, 1.165) is 12.8 Å². The Kier molecular flexibility index (Phi) is 21.8. The summed E-state index contributed by atoms with van der Waals surface area (Å²) in [4.78, 5) is 14.6. The molecule has 1 aliphatic heterocycles. The van der Waals surface area contributed by atoms with Crippen LogP contribution < -0.4 is 10.5 Å². The van der Waals surface area contributed by atoms with Gasteiger partial charge >= 0.3 is 7.82 Å². The van der Waals surface area contributed by atoms with E-state index in [4.69, 9.17) is 29.0 Å². The third kappa shape index (κ3) is 16.0. The first-order valence-corrected chi connectivity index (χ1v) is 21.9. The number of phosphoric ester groups is 1. The van der Waals surface area contributed by atoms with Gasteiger partial charge in [-0.3, -0.25) is 14.0 Å². The Hall–Kier alpha value is -2.61. The van der Waals surface area contributed by atoms with Crippen LogP contribution in [0.1, 0.15) is 128 Å². The van der Waals surface area contributed by atoms with Crippen molar-refractivity contribution >= 4 is 20.4 Å². The second-order valence-corrected chi connectivity index (χ2v) is 16.2. The van der Waals surface area contributed by atoms with Crippen LogP contribution in [-0.4, -0.2) is 90.7 Å². The molecular weight excluding hydrogens is 723 g/mol. The zero-order valence-electron chi connectivity index (χ0n) is 33.6. The fraction of sp³-hybridized carbons (Fsp3) is 0.707. The summed E-state index contributed by atoms with van der Waals surface area (Å²) < 4.78 is 42.9. The molecule has 1 aromatic heterocycles. The highest BCUT2D eigenvalue weighted by atomic mass is 31.2. The Morgan fingerprint density at radius 3 is 2.04 bits per heavy atom. The number of ether oxygens (including phenoxy) is 3. The first-order valence-electron chi connectivity index (χ1n) is 20.4. The summed E-state index contributed by atoms with van der Waals surface area (Å²) in [6.45, 7) is 7.75. The molecule has 1 saturated heterocycles. The van der Waals surface area contributed by atoms with E-state index in [1.807, 2.05) is 30.3 Å². The van der Waals surface area contributed by atoms with Crippen LogP contribution in [0, 0.1) is 5.92 Å². The van der Waals surface area contributed by atoms with E-state index in [0.29, 0.717) is 23.7 Å². The molecule has 0 spiro atoms. The molecule has 0 bridgehead atoms. The van der Waals surface area contributed by atoms with Crippen molar-refractivity contribution in [2.45, 2.75) is 140 Å². The summed E-state index contributed by atoms with van der Waals surface area (Å²) >= 11 is 0. The van der Waals surface area contributed by atoms with Gasteiger partial charge in [0.25, 0.3) is 0 Å². The van der Waals surface area contributed by atoms with E-state index in [9.17, 15) is 19.7 Å². The van der Waals surface area contributed by atoms with Crippen LogP contribution in [0.4, 0.5) is 0 Å². The van der Waals surface area contributed by atoms with E-state index in [-0.39, 0.29) is 31.6 Å². The van der Waals surface area contributed by atoms with Crippen LogP contribution in [0.2, 0.25) is 0 Å². The maximum absolute atomic E-state index is 13.0. The first-order chi connectivity index (χ1) is 26.6. The lowest BCUT2D eigenvalue weighted by Gasteiger charge is -2.28. The number of rotatable bonds is 31. The summed E-state index contributed by atoms with van der Waals surface area (Å²) in [6, 6.07) is 12.6. The van der Waals surface area contributed by atoms with Crippen LogP contribution in [0.15, 0.2) is 52.6 Å². The number of hydrogen-bond donors (Lipinski definition) is 4. The zero-order valence-corrected chi connectivity index (χ0v) is 34.5. The highest BCUT2D eigenvalue weighted by molar-refractivity contribution is 7.47. The van der Waals surface area contributed by atoms with E-state index in [1.165, 1.54) is 102 Å². The van der Waals surface area contributed by atoms with Gasteiger partial charge in [-0.1, -0.05) is 121 Å². The van der Waals surface area contributed by atoms with Gasteiger partial charge in [0.15, 0.2) is 0 Å². The average Bonchev–Trinajstić information content (AvgIpc) is 3.73. The van der Waals surface area contributed by atoms with Crippen molar-refractivity contribution in [1.29, 1.82) is 0 Å². The summed E-state index contributed by atoms with van der Waals surface area (Å²) in [5, 5.41) is 25.8. The molecule has 1 aromatic carbocycles. The van der Waals surface area contributed by atoms with Gasteiger partial charge < -0.3 is 35.1 Å². The normalized spacial score (nSPS) is 21.8. The molecule has 0 aliphatic carbocycles. The first kappa shape index (κ1) is 46.8. The Morgan fingerprint density at radius 2 is 1.47 bits per heavy atom. The molecule has 3 rings (SSSR count). The van der Waals surface area contributed by atoms with Crippen molar-refractivity contribution < 1.29 is 42.9 Å². The molecule has 55 heavy (non-hydrogen) atoms. The Labute approximate surface area is 329 Å². The smallest absolute Gasteiger partial charge is 0.472 e. The number of unbranched alkanes of at least 4 members (excludes halogenated alkanes) is 15. The van der Waals surface area contributed by atoms with Crippen molar-refractivity contribution in [2.75, 3.05) is 40.1 Å². The number of para-hydroxylation sites is 1. The number of aliphatic imine (C=N–C) groups is 1. The van der Waals surface area contributed by atoms with Gasteiger partial charge in [-0.25, -0.2) is 9.24 Å². The number of aromatic nitrogens is 1. The molecule has 14 heteroatoms. The number of hydrogen-bond acceptors (Lipinski definition) is 10. The Morgan fingerprint density at radius 1 is 0.891 bits per heavy atom. The monoisotopic (exact) mass is 792 g/mol. The fourth-order valence-corrected chi connectivity index (χ4v) is 7.68. The van der Waals surface area contributed by atoms with E-state index < -0.39 is 38.3 Å². The largest absolute Gasteiger partial charge is 0.493 e. The highest BCUT2D eigenvalue weighted by Crippen LogP contribution is 2.46. The number of nitrogens with zero attached hydrogens (tertiary/aromatic N) is 3. The van der Waals surface area contributed by atoms with Gasteiger partial charge in [-0.2, -0.15) is 5.10 Å².